The molecular weight excluding hydrogens is 272 g/mol. The molecule has 0 amide bonds. The molecule has 2 atom stereocenters. The van der Waals surface area contributed by atoms with Crippen LogP contribution in [0.1, 0.15) is 18.1 Å². The van der Waals surface area contributed by atoms with Crippen LogP contribution in [-0.2, 0) is 5.60 Å². The Morgan fingerprint density at radius 2 is 2.27 bits per heavy atom. The van der Waals surface area contributed by atoms with Crippen molar-refractivity contribution in [1.29, 1.82) is 0 Å². The fourth-order valence-corrected chi connectivity index (χ4v) is 4.10. The Labute approximate surface area is 103 Å². The first-order valence-electron chi connectivity index (χ1n) is 5.11. The number of rotatable bonds is 1. The van der Waals surface area contributed by atoms with E-state index in [9.17, 15) is 5.11 Å². The van der Waals surface area contributed by atoms with Crippen LogP contribution in [0, 0.1) is 12.8 Å². The third kappa shape index (κ3) is 1.97. The van der Waals surface area contributed by atoms with Gasteiger partial charge in [-0.15, -0.1) is 0 Å². The van der Waals surface area contributed by atoms with Crippen LogP contribution in [-0.4, -0.2) is 16.6 Å². The summed E-state index contributed by atoms with van der Waals surface area (Å²) in [5.41, 5.74) is 1.62. The van der Waals surface area contributed by atoms with Crippen molar-refractivity contribution >= 4 is 27.7 Å². The second kappa shape index (κ2) is 4.11. The molecule has 1 aliphatic heterocycles. The van der Waals surface area contributed by atoms with Gasteiger partial charge in [0.1, 0.15) is 5.60 Å². The Bertz CT molecular complexity index is 380. The first-order valence-corrected chi connectivity index (χ1v) is 7.05. The van der Waals surface area contributed by atoms with Crippen molar-refractivity contribution in [3.8, 4) is 0 Å². The molecular formula is C12H15BrOS. The Hall–Kier alpha value is 0.01000. The normalized spacial score (nSPS) is 30.8. The minimum Gasteiger partial charge on any atom is -0.384 e. The van der Waals surface area contributed by atoms with E-state index in [1.54, 1.807) is 0 Å². The van der Waals surface area contributed by atoms with E-state index in [2.05, 4.69) is 35.8 Å². The number of aryl methyl sites for hydroxylation is 1. The lowest BCUT2D eigenvalue weighted by atomic mass is 9.83. The third-order valence-corrected chi connectivity index (χ3v) is 5.03. The van der Waals surface area contributed by atoms with Gasteiger partial charge in [-0.25, -0.2) is 0 Å². The molecule has 0 aromatic heterocycles. The fourth-order valence-electron chi connectivity index (χ4n) is 2.13. The number of thioether (sulfide) groups is 1. The van der Waals surface area contributed by atoms with Crippen LogP contribution >= 0.6 is 27.7 Å². The van der Waals surface area contributed by atoms with Crippen molar-refractivity contribution in [3.63, 3.8) is 0 Å². The average Bonchev–Trinajstić information content (AvgIpc) is 2.47. The van der Waals surface area contributed by atoms with Gasteiger partial charge in [-0.2, -0.15) is 11.8 Å². The Balaban J connectivity index is 2.44. The second-order valence-electron chi connectivity index (χ2n) is 4.30. The molecule has 1 nitrogen and oxygen atoms in total. The Kier molecular flexibility index (Phi) is 3.15. The van der Waals surface area contributed by atoms with E-state index in [4.69, 9.17) is 0 Å². The van der Waals surface area contributed by atoms with Crippen LogP contribution in [0.25, 0.3) is 0 Å². The topological polar surface area (TPSA) is 20.2 Å². The van der Waals surface area contributed by atoms with E-state index in [1.165, 1.54) is 5.56 Å². The molecule has 0 bridgehead atoms. The number of benzene rings is 1. The van der Waals surface area contributed by atoms with Crippen LogP contribution in [0.3, 0.4) is 0 Å². The minimum absolute atomic E-state index is 0.336. The van der Waals surface area contributed by atoms with Gasteiger partial charge in [-0.05, 0) is 41.9 Å². The Morgan fingerprint density at radius 1 is 1.53 bits per heavy atom. The highest BCUT2D eigenvalue weighted by Crippen LogP contribution is 2.42. The van der Waals surface area contributed by atoms with Gasteiger partial charge < -0.3 is 5.11 Å². The zero-order chi connectivity index (χ0) is 11.1. The summed E-state index contributed by atoms with van der Waals surface area (Å²) in [5.74, 6) is 2.20. The van der Waals surface area contributed by atoms with Crippen molar-refractivity contribution in [2.24, 2.45) is 5.92 Å². The molecule has 1 aliphatic rings. The molecule has 1 fully saturated rings. The molecule has 0 radical (unpaired) electrons. The number of hydrogen-bond acceptors (Lipinski definition) is 2. The van der Waals surface area contributed by atoms with E-state index < -0.39 is 5.60 Å². The van der Waals surface area contributed by atoms with Crippen LogP contribution in [0.5, 0.6) is 0 Å². The number of hydrogen-bond donors (Lipinski definition) is 1. The molecule has 2 rings (SSSR count). The van der Waals surface area contributed by atoms with Gasteiger partial charge in [-0.3, -0.25) is 0 Å². The van der Waals surface area contributed by atoms with Crippen molar-refractivity contribution < 1.29 is 5.11 Å². The summed E-state index contributed by atoms with van der Waals surface area (Å²) in [6, 6.07) is 6.13. The molecule has 0 spiro atoms. The van der Waals surface area contributed by atoms with Gasteiger partial charge in [0.2, 0.25) is 0 Å². The summed E-state index contributed by atoms with van der Waals surface area (Å²) in [4.78, 5) is 0. The molecule has 1 N–H and O–H groups in total. The number of aliphatic hydroxyl groups is 1. The maximum atomic E-state index is 10.7. The van der Waals surface area contributed by atoms with Crippen LogP contribution in [0.2, 0.25) is 0 Å². The smallest absolute Gasteiger partial charge is 0.102 e. The first kappa shape index (κ1) is 11.5. The fraction of sp³-hybridized carbons (Fsp3) is 0.500. The van der Waals surface area contributed by atoms with Gasteiger partial charge in [0.05, 0.1) is 0 Å². The van der Waals surface area contributed by atoms with Crippen molar-refractivity contribution in [3.05, 3.63) is 33.8 Å². The standard InChI is InChI=1S/C12H15BrOS/c1-8-5-10(13)3-4-11(8)12(14)7-15-6-9(12)2/h3-5,9,14H,6-7H2,1-2H3/t9-,12-/m1/s1. The van der Waals surface area contributed by atoms with Gasteiger partial charge in [0, 0.05) is 10.2 Å². The van der Waals surface area contributed by atoms with Crippen molar-refractivity contribution in [2.45, 2.75) is 19.4 Å². The lowest BCUT2D eigenvalue weighted by Gasteiger charge is -2.29. The highest BCUT2D eigenvalue weighted by Gasteiger charge is 2.41. The Morgan fingerprint density at radius 3 is 2.80 bits per heavy atom. The molecule has 1 saturated heterocycles. The molecule has 0 unspecified atom stereocenters. The van der Waals surface area contributed by atoms with Crippen molar-refractivity contribution in [2.75, 3.05) is 11.5 Å². The third-order valence-electron chi connectivity index (χ3n) is 3.16. The second-order valence-corrected chi connectivity index (χ2v) is 6.25. The van der Waals surface area contributed by atoms with Gasteiger partial charge in [-0.1, -0.05) is 28.9 Å². The molecule has 3 heteroatoms. The summed E-state index contributed by atoms with van der Waals surface area (Å²) in [6.45, 7) is 4.19. The van der Waals surface area contributed by atoms with Gasteiger partial charge >= 0.3 is 0 Å². The maximum absolute atomic E-state index is 10.7. The number of halogens is 1. The van der Waals surface area contributed by atoms with E-state index in [0.717, 1.165) is 21.5 Å². The lowest BCUT2D eigenvalue weighted by molar-refractivity contribution is 0.0228. The zero-order valence-corrected chi connectivity index (χ0v) is 11.4. The monoisotopic (exact) mass is 286 g/mol. The van der Waals surface area contributed by atoms with E-state index >= 15 is 0 Å². The molecule has 15 heavy (non-hydrogen) atoms. The highest BCUT2D eigenvalue weighted by atomic mass is 79.9. The zero-order valence-electron chi connectivity index (χ0n) is 8.96. The predicted octanol–water partition coefficient (Wildman–Crippen LogP) is 3.33. The van der Waals surface area contributed by atoms with E-state index in [0.29, 0.717) is 5.92 Å². The molecule has 0 aliphatic carbocycles. The van der Waals surface area contributed by atoms with Gasteiger partial charge in [0.15, 0.2) is 0 Å². The van der Waals surface area contributed by atoms with E-state index in [1.807, 2.05) is 23.9 Å². The van der Waals surface area contributed by atoms with Crippen LogP contribution in [0.4, 0.5) is 0 Å². The lowest BCUT2D eigenvalue weighted by Crippen LogP contribution is -2.33. The highest BCUT2D eigenvalue weighted by molar-refractivity contribution is 9.10. The van der Waals surface area contributed by atoms with Gasteiger partial charge in [0.25, 0.3) is 0 Å². The van der Waals surface area contributed by atoms with Crippen LogP contribution in [0.15, 0.2) is 22.7 Å². The summed E-state index contributed by atoms with van der Waals surface area (Å²) in [7, 11) is 0. The predicted molar refractivity (Wildman–Crippen MR) is 69.3 cm³/mol. The molecule has 1 aromatic rings. The minimum atomic E-state index is -0.630. The largest absolute Gasteiger partial charge is 0.384 e. The molecule has 0 saturated carbocycles. The first-order chi connectivity index (χ1) is 7.04. The summed E-state index contributed by atoms with van der Waals surface area (Å²) >= 11 is 5.29. The molecule has 1 heterocycles. The van der Waals surface area contributed by atoms with Crippen LogP contribution < -0.4 is 0 Å². The van der Waals surface area contributed by atoms with Crippen molar-refractivity contribution in [1.82, 2.24) is 0 Å². The summed E-state index contributed by atoms with van der Waals surface area (Å²) in [6.07, 6.45) is 0. The van der Waals surface area contributed by atoms with E-state index in [-0.39, 0.29) is 0 Å². The molecule has 1 aromatic carbocycles. The maximum Gasteiger partial charge on any atom is 0.102 e. The summed E-state index contributed by atoms with van der Waals surface area (Å²) < 4.78 is 1.07. The summed E-state index contributed by atoms with van der Waals surface area (Å²) in [5, 5.41) is 10.7. The average molecular weight is 287 g/mol. The molecule has 82 valence electrons. The quantitative estimate of drug-likeness (QED) is 0.855. The SMILES string of the molecule is Cc1cc(Br)ccc1[C@@]1(O)CSC[C@H]1C.